The third-order valence-corrected chi connectivity index (χ3v) is 4.39. The molecule has 3 rings (SSSR count). The van der Waals surface area contributed by atoms with E-state index in [0.717, 1.165) is 19.3 Å². The molecule has 0 saturated carbocycles. The molecule has 6 heteroatoms. The van der Waals surface area contributed by atoms with Crippen LogP contribution in [0.4, 0.5) is 4.39 Å². The molecule has 23 heavy (non-hydrogen) atoms. The molecule has 0 spiro atoms. The van der Waals surface area contributed by atoms with E-state index in [1.54, 1.807) is 17.0 Å². The number of nitrogens with one attached hydrogen (secondary N) is 1. The summed E-state index contributed by atoms with van der Waals surface area (Å²) in [5.74, 6) is -1.33. The summed E-state index contributed by atoms with van der Waals surface area (Å²) in [5, 5.41) is 9.52. The van der Waals surface area contributed by atoms with Gasteiger partial charge in [-0.25, -0.2) is 4.39 Å². The van der Waals surface area contributed by atoms with Crippen LogP contribution in [0.2, 0.25) is 0 Å². The first-order chi connectivity index (χ1) is 11.0. The zero-order valence-electron chi connectivity index (χ0n) is 12.7. The fourth-order valence-corrected chi connectivity index (χ4v) is 3.23. The quantitative estimate of drug-likeness (QED) is 0.909. The molecule has 0 unspecified atom stereocenters. The number of H-pyrrole nitrogens is 1. The van der Waals surface area contributed by atoms with Crippen LogP contribution in [0.15, 0.2) is 24.3 Å². The number of nitrogens with zero attached hydrogens (tertiary/aromatic N) is 1. The number of piperidine rings is 1. The summed E-state index contributed by atoms with van der Waals surface area (Å²) < 4.78 is 13.3. The van der Waals surface area contributed by atoms with Gasteiger partial charge in [0.15, 0.2) is 0 Å². The summed E-state index contributed by atoms with van der Waals surface area (Å²) in [6.45, 7) is 0.632. The molecular formula is C17H19FN2O3. The second-order valence-electron chi connectivity index (χ2n) is 6.00. The van der Waals surface area contributed by atoms with Crippen LogP contribution in [-0.4, -0.2) is 39.5 Å². The van der Waals surface area contributed by atoms with Gasteiger partial charge in [-0.1, -0.05) is 0 Å². The lowest BCUT2D eigenvalue weighted by atomic mass is 9.97. The van der Waals surface area contributed by atoms with Gasteiger partial charge in [0.05, 0.1) is 0 Å². The summed E-state index contributed by atoms with van der Waals surface area (Å²) >= 11 is 0. The lowest BCUT2D eigenvalue weighted by Gasteiger charge is -2.35. The second kappa shape index (κ2) is 6.40. The average Bonchev–Trinajstić information content (AvgIpc) is 2.95. The lowest BCUT2D eigenvalue weighted by Crippen LogP contribution is -2.44. The van der Waals surface area contributed by atoms with Gasteiger partial charge in [0.25, 0.3) is 5.91 Å². The van der Waals surface area contributed by atoms with Gasteiger partial charge in [-0.2, -0.15) is 0 Å². The highest BCUT2D eigenvalue weighted by atomic mass is 19.1. The second-order valence-corrected chi connectivity index (χ2v) is 6.00. The van der Waals surface area contributed by atoms with E-state index in [4.69, 9.17) is 5.11 Å². The molecule has 1 aliphatic rings. The molecule has 1 amide bonds. The Balaban J connectivity index is 1.81. The van der Waals surface area contributed by atoms with Crippen molar-refractivity contribution in [2.24, 2.45) is 0 Å². The SMILES string of the molecule is O=C(O)CC[C@H]1CCCCN1C(=O)c1cc2cc(F)ccc2[nH]1. The number of likely N-dealkylation sites (tertiary alicyclic amines) is 1. The minimum absolute atomic E-state index is 0.0458. The maximum atomic E-state index is 13.3. The van der Waals surface area contributed by atoms with Crippen molar-refractivity contribution in [3.8, 4) is 0 Å². The van der Waals surface area contributed by atoms with Crippen molar-refractivity contribution in [3.05, 3.63) is 35.8 Å². The normalized spacial score (nSPS) is 18.3. The largest absolute Gasteiger partial charge is 0.481 e. The average molecular weight is 318 g/mol. The van der Waals surface area contributed by atoms with Crippen LogP contribution in [0.3, 0.4) is 0 Å². The van der Waals surface area contributed by atoms with E-state index >= 15 is 0 Å². The Morgan fingerprint density at radius 3 is 2.91 bits per heavy atom. The van der Waals surface area contributed by atoms with Gasteiger partial charge in [0.1, 0.15) is 11.5 Å². The number of rotatable bonds is 4. The molecule has 1 aromatic heterocycles. The lowest BCUT2D eigenvalue weighted by molar-refractivity contribution is -0.137. The Morgan fingerprint density at radius 1 is 1.30 bits per heavy atom. The minimum Gasteiger partial charge on any atom is -0.481 e. The first kappa shape index (κ1) is 15.5. The number of carbonyl (C=O) groups is 2. The summed E-state index contributed by atoms with van der Waals surface area (Å²) in [4.78, 5) is 28.3. The van der Waals surface area contributed by atoms with Crippen LogP contribution in [0.5, 0.6) is 0 Å². The Kier molecular flexibility index (Phi) is 4.32. The topological polar surface area (TPSA) is 73.4 Å². The van der Waals surface area contributed by atoms with Crippen LogP contribution < -0.4 is 0 Å². The number of aliphatic carboxylic acids is 1. The van der Waals surface area contributed by atoms with Gasteiger partial charge < -0.3 is 15.0 Å². The van der Waals surface area contributed by atoms with Crippen molar-refractivity contribution in [2.45, 2.75) is 38.1 Å². The molecule has 0 aliphatic carbocycles. The van der Waals surface area contributed by atoms with Crippen molar-refractivity contribution in [1.29, 1.82) is 0 Å². The molecular weight excluding hydrogens is 299 g/mol. The molecule has 1 fully saturated rings. The Hall–Kier alpha value is -2.37. The highest BCUT2D eigenvalue weighted by Crippen LogP contribution is 2.24. The molecule has 1 atom stereocenters. The number of benzene rings is 1. The molecule has 0 bridgehead atoms. The third kappa shape index (κ3) is 3.36. The number of carboxylic acid groups (broad SMARTS) is 1. The van der Waals surface area contributed by atoms with Crippen LogP contribution in [0, 0.1) is 5.82 Å². The third-order valence-electron chi connectivity index (χ3n) is 4.39. The number of fused-ring (bicyclic) bond motifs is 1. The minimum atomic E-state index is -0.843. The molecule has 5 nitrogen and oxygen atoms in total. The summed E-state index contributed by atoms with van der Waals surface area (Å²) in [6.07, 6.45) is 3.28. The molecule has 2 N–H and O–H groups in total. The fourth-order valence-electron chi connectivity index (χ4n) is 3.23. The van der Waals surface area contributed by atoms with E-state index in [9.17, 15) is 14.0 Å². The summed E-state index contributed by atoms with van der Waals surface area (Å²) in [7, 11) is 0. The molecule has 2 aromatic rings. The van der Waals surface area contributed by atoms with E-state index in [1.807, 2.05) is 0 Å². The van der Waals surface area contributed by atoms with Crippen molar-refractivity contribution >= 4 is 22.8 Å². The Labute approximate surface area is 133 Å². The van der Waals surface area contributed by atoms with Gasteiger partial charge >= 0.3 is 5.97 Å². The highest BCUT2D eigenvalue weighted by molar-refractivity contribution is 5.98. The summed E-state index contributed by atoms with van der Waals surface area (Å²) in [6, 6.07) is 5.96. The van der Waals surface area contributed by atoms with Crippen LogP contribution in [0.25, 0.3) is 10.9 Å². The van der Waals surface area contributed by atoms with Crippen LogP contribution in [0.1, 0.15) is 42.6 Å². The number of amides is 1. The Bertz CT molecular complexity index is 741. The standard InChI is InChI=1S/C17H19FN2O3/c18-12-4-6-14-11(9-12)10-15(19-14)17(23)20-8-2-1-3-13(20)5-7-16(21)22/h4,6,9-10,13,19H,1-3,5,7-8H2,(H,21,22)/t13-/m1/s1. The number of carboxylic acids is 1. The van der Waals surface area contributed by atoms with Crippen LogP contribution >= 0.6 is 0 Å². The van der Waals surface area contributed by atoms with E-state index in [1.165, 1.54) is 12.1 Å². The summed E-state index contributed by atoms with van der Waals surface area (Å²) in [5.41, 5.74) is 1.14. The van der Waals surface area contributed by atoms with E-state index < -0.39 is 5.97 Å². The predicted molar refractivity (Wildman–Crippen MR) is 83.8 cm³/mol. The van der Waals surface area contributed by atoms with Crippen molar-refractivity contribution in [2.75, 3.05) is 6.54 Å². The molecule has 2 heterocycles. The smallest absolute Gasteiger partial charge is 0.303 e. The molecule has 0 radical (unpaired) electrons. The fraction of sp³-hybridized carbons (Fsp3) is 0.412. The molecule has 122 valence electrons. The monoisotopic (exact) mass is 318 g/mol. The van der Waals surface area contributed by atoms with Crippen molar-refractivity contribution < 1.29 is 19.1 Å². The molecule has 1 saturated heterocycles. The number of hydrogen-bond acceptors (Lipinski definition) is 2. The van der Waals surface area contributed by atoms with Gasteiger partial charge in [0, 0.05) is 29.9 Å². The van der Waals surface area contributed by atoms with E-state index in [-0.39, 0.29) is 24.2 Å². The highest BCUT2D eigenvalue weighted by Gasteiger charge is 2.28. The maximum Gasteiger partial charge on any atom is 0.303 e. The van der Waals surface area contributed by atoms with Gasteiger partial charge in [0.2, 0.25) is 0 Å². The molecule has 1 aromatic carbocycles. The zero-order chi connectivity index (χ0) is 16.4. The van der Waals surface area contributed by atoms with Gasteiger partial charge in [-0.15, -0.1) is 0 Å². The van der Waals surface area contributed by atoms with Crippen LogP contribution in [-0.2, 0) is 4.79 Å². The van der Waals surface area contributed by atoms with Crippen molar-refractivity contribution in [1.82, 2.24) is 9.88 Å². The van der Waals surface area contributed by atoms with Crippen molar-refractivity contribution in [3.63, 3.8) is 0 Å². The Morgan fingerprint density at radius 2 is 2.13 bits per heavy atom. The van der Waals surface area contributed by atoms with Gasteiger partial charge in [-0.05, 0) is 49.9 Å². The molecule has 1 aliphatic heterocycles. The first-order valence-corrected chi connectivity index (χ1v) is 7.85. The predicted octanol–water partition coefficient (Wildman–Crippen LogP) is 3.17. The number of carbonyl (C=O) groups excluding carboxylic acids is 1. The van der Waals surface area contributed by atoms with E-state index in [0.29, 0.717) is 29.6 Å². The number of halogens is 1. The zero-order valence-corrected chi connectivity index (χ0v) is 12.7. The number of aromatic amines is 1. The number of hydrogen-bond donors (Lipinski definition) is 2. The first-order valence-electron chi connectivity index (χ1n) is 7.85. The van der Waals surface area contributed by atoms with E-state index in [2.05, 4.69) is 4.98 Å². The van der Waals surface area contributed by atoms with Gasteiger partial charge in [-0.3, -0.25) is 9.59 Å². The number of aromatic nitrogens is 1. The maximum absolute atomic E-state index is 13.3.